The Morgan fingerprint density at radius 2 is 1.87 bits per heavy atom. The zero-order chi connectivity index (χ0) is 16.8. The number of hydrogen-bond acceptors (Lipinski definition) is 3. The van der Waals surface area contributed by atoms with Crippen molar-refractivity contribution >= 4 is 5.97 Å². The van der Waals surface area contributed by atoms with Crippen LogP contribution in [-0.4, -0.2) is 22.2 Å². The van der Waals surface area contributed by atoms with Crippen molar-refractivity contribution in [2.24, 2.45) is 0 Å². The molecule has 1 heterocycles. The molecule has 2 aromatic rings. The number of carbonyl (C=O) groups is 1. The molecule has 0 saturated carbocycles. The van der Waals surface area contributed by atoms with Gasteiger partial charge >= 0.3 is 5.97 Å². The lowest BCUT2D eigenvalue weighted by molar-refractivity contribution is 0.0694. The van der Waals surface area contributed by atoms with Crippen LogP contribution in [0.4, 0.5) is 0 Å². The van der Waals surface area contributed by atoms with Crippen LogP contribution < -0.4 is 10.3 Å². The molecule has 0 atom stereocenters. The van der Waals surface area contributed by atoms with E-state index in [4.69, 9.17) is 9.84 Å². The first-order valence-electron chi connectivity index (χ1n) is 7.68. The average Bonchev–Trinajstić information content (AvgIpc) is 2.54. The summed E-state index contributed by atoms with van der Waals surface area (Å²) in [5.74, 6) is -0.401. The van der Waals surface area contributed by atoms with Crippen LogP contribution in [0, 0.1) is 6.92 Å². The van der Waals surface area contributed by atoms with Crippen LogP contribution in [0.2, 0.25) is 0 Å². The number of pyridine rings is 1. The van der Waals surface area contributed by atoms with Crippen molar-refractivity contribution in [2.45, 2.75) is 33.2 Å². The highest BCUT2D eigenvalue weighted by atomic mass is 16.5. The lowest BCUT2D eigenvalue weighted by atomic mass is 10.2. The van der Waals surface area contributed by atoms with Gasteiger partial charge in [-0.15, -0.1) is 0 Å². The molecule has 1 N–H and O–H groups in total. The summed E-state index contributed by atoms with van der Waals surface area (Å²) in [4.78, 5) is 23.1. The van der Waals surface area contributed by atoms with Gasteiger partial charge in [-0.25, -0.2) is 4.79 Å². The summed E-state index contributed by atoms with van der Waals surface area (Å²) in [5.41, 5.74) is 1.33. The van der Waals surface area contributed by atoms with E-state index in [9.17, 15) is 9.59 Å². The van der Waals surface area contributed by atoms with Gasteiger partial charge in [0.15, 0.2) is 0 Å². The number of carboxylic acid groups (broad SMARTS) is 1. The van der Waals surface area contributed by atoms with Gasteiger partial charge in [-0.3, -0.25) is 4.79 Å². The van der Waals surface area contributed by atoms with Crippen molar-refractivity contribution < 1.29 is 14.6 Å². The average molecular weight is 315 g/mol. The molecule has 1 aromatic heterocycles. The number of hydrogen-bond donors (Lipinski definition) is 1. The lowest BCUT2D eigenvalue weighted by Gasteiger charge is -2.11. The molecule has 0 unspecified atom stereocenters. The fourth-order valence-electron chi connectivity index (χ4n) is 2.35. The second kappa shape index (κ2) is 7.63. The Morgan fingerprint density at radius 1 is 1.17 bits per heavy atom. The fraction of sp³-hybridized carbons (Fsp3) is 0.333. The van der Waals surface area contributed by atoms with Crippen molar-refractivity contribution in [3.63, 3.8) is 0 Å². The van der Waals surface area contributed by atoms with Gasteiger partial charge in [0.25, 0.3) is 5.56 Å². The van der Waals surface area contributed by atoms with Crippen molar-refractivity contribution in [3.8, 4) is 5.75 Å². The van der Waals surface area contributed by atoms with Crippen LogP contribution in [-0.2, 0) is 13.0 Å². The zero-order valence-electron chi connectivity index (χ0n) is 13.4. The van der Waals surface area contributed by atoms with Gasteiger partial charge in [-0.2, -0.15) is 0 Å². The number of carboxylic acids is 1. The highest BCUT2D eigenvalue weighted by molar-refractivity contribution is 5.87. The number of aryl methyl sites for hydroxylation is 2. The molecule has 0 radical (unpaired) electrons. The minimum absolute atomic E-state index is 0.202. The predicted molar refractivity (Wildman–Crippen MR) is 88.3 cm³/mol. The van der Waals surface area contributed by atoms with E-state index < -0.39 is 11.5 Å². The highest BCUT2D eigenvalue weighted by Gasteiger charge is 2.12. The minimum atomic E-state index is -1.20. The molecule has 0 aliphatic carbocycles. The Hall–Kier alpha value is -2.56. The first-order valence-corrected chi connectivity index (χ1v) is 7.68. The van der Waals surface area contributed by atoms with E-state index in [-0.39, 0.29) is 5.56 Å². The molecule has 0 aliphatic heterocycles. The molecule has 5 heteroatoms. The van der Waals surface area contributed by atoms with Crippen LogP contribution in [0.25, 0.3) is 0 Å². The van der Waals surface area contributed by atoms with Gasteiger partial charge in [-0.1, -0.05) is 19.1 Å². The molecule has 2 rings (SSSR count). The van der Waals surface area contributed by atoms with Crippen molar-refractivity contribution in [2.75, 3.05) is 6.61 Å². The third kappa shape index (κ3) is 4.22. The van der Waals surface area contributed by atoms with Crippen LogP contribution in [0.5, 0.6) is 5.75 Å². The van der Waals surface area contributed by atoms with E-state index in [1.54, 1.807) is 13.0 Å². The molecule has 0 amide bonds. The standard InChI is InChI=1S/C18H21NO4/c1-3-14-6-8-15(9-7-14)23-12-4-11-19-13(2)5-10-16(17(19)20)18(21)22/h5-10H,3-4,11-12H2,1-2H3,(H,21,22). The summed E-state index contributed by atoms with van der Waals surface area (Å²) in [6.07, 6.45) is 1.61. The molecule has 0 bridgehead atoms. The summed E-state index contributed by atoms with van der Waals surface area (Å²) in [6, 6.07) is 10.9. The van der Waals surface area contributed by atoms with Crippen LogP contribution >= 0.6 is 0 Å². The normalized spacial score (nSPS) is 10.5. The van der Waals surface area contributed by atoms with Gasteiger partial charge in [0.05, 0.1) is 6.61 Å². The van der Waals surface area contributed by atoms with Crippen molar-refractivity contribution in [1.82, 2.24) is 4.57 Å². The van der Waals surface area contributed by atoms with Gasteiger partial charge in [0.1, 0.15) is 11.3 Å². The number of ether oxygens (including phenoxy) is 1. The van der Waals surface area contributed by atoms with Gasteiger partial charge in [0, 0.05) is 12.2 Å². The summed E-state index contributed by atoms with van der Waals surface area (Å²) >= 11 is 0. The van der Waals surface area contributed by atoms with Gasteiger partial charge in [0.2, 0.25) is 0 Å². The Balaban J connectivity index is 1.94. The number of rotatable bonds is 7. The highest BCUT2D eigenvalue weighted by Crippen LogP contribution is 2.12. The monoisotopic (exact) mass is 315 g/mol. The SMILES string of the molecule is CCc1ccc(OCCCn2c(C)ccc(C(=O)O)c2=O)cc1. The maximum absolute atomic E-state index is 12.1. The first-order chi connectivity index (χ1) is 11.0. The Labute approximate surface area is 135 Å². The van der Waals surface area contributed by atoms with E-state index >= 15 is 0 Å². The number of benzene rings is 1. The molecular formula is C18H21NO4. The fourth-order valence-corrected chi connectivity index (χ4v) is 2.35. The smallest absolute Gasteiger partial charge is 0.341 e. The minimum Gasteiger partial charge on any atom is -0.494 e. The number of nitrogens with zero attached hydrogens (tertiary/aromatic N) is 1. The predicted octanol–water partition coefficient (Wildman–Crippen LogP) is 2.89. The summed E-state index contributed by atoms with van der Waals surface area (Å²) in [5, 5.41) is 9.01. The summed E-state index contributed by atoms with van der Waals surface area (Å²) in [7, 11) is 0. The second-order valence-electron chi connectivity index (χ2n) is 5.35. The molecule has 0 saturated heterocycles. The molecule has 122 valence electrons. The largest absolute Gasteiger partial charge is 0.494 e. The van der Waals surface area contributed by atoms with E-state index in [0.717, 1.165) is 17.9 Å². The van der Waals surface area contributed by atoms with Crippen molar-refractivity contribution in [1.29, 1.82) is 0 Å². The van der Waals surface area contributed by atoms with E-state index in [0.29, 0.717) is 19.6 Å². The molecule has 0 fully saturated rings. The summed E-state index contributed by atoms with van der Waals surface area (Å²) < 4.78 is 7.13. The van der Waals surface area contributed by atoms with E-state index in [1.165, 1.54) is 16.2 Å². The molecular weight excluding hydrogens is 294 g/mol. The van der Waals surface area contributed by atoms with Crippen molar-refractivity contribution in [3.05, 3.63) is 63.6 Å². The van der Waals surface area contributed by atoms with Crippen LogP contribution in [0.15, 0.2) is 41.2 Å². The van der Waals surface area contributed by atoms with Gasteiger partial charge in [-0.05, 0) is 49.6 Å². The van der Waals surface area contributed by atoms with Gasteiger partial charge < -0.3 is 14.4 Å². The third-order valence-electron chi connectivity index (χ3n) is 3.75. The molecule has 23 heavy (non-hydrogen) atoms. The number of aromatic carboxylic acids is 1. The molecule has 0 aliphatic rings. The first kappa shape index (κ1) is 16.8. The molecule has 1 aromatic carbocycles. The quantitative estimate of drug-likeness (QED) is 0.798. The maximum Gasteiger partial charge on any atom is 0.341 e. The lowest BCUT2D eigenvalue weighted by Crippen LogP contribution is -2.28. The molecule has 0 spiro atoms. The Morgan fingerprint density at radius 3 is 2.48 bits per heavy atom. The number of aromatic nitrogens is 1. The Kier molecular flexibility index (Phi) is 5.57. The van der Waals surface area contributed by atoms with Crippen LogP contribution in [0.1, 0.15) is 35.0 Å². The van der Waals surface area contributed by atoms with E-state index in [2.05, 4.69) is 6.92 Å². The Bertz CT molecular complexity index is 732. The zero-order valence-corrected chi connectivity index (χ0v) is 13.4. The molecule has 5 nitrogen and oxygen atoms in total. The third-order valence-corrected chi connectivity index (χ3v) is 3.75. The summed E-state index contributed by atoms with van der Waals surface area (Å²) in [6.45, 7) is 4.78. The maximum atomic E-state index is 12.1. The van der Waals surface area contributed by atoms with Crippen LogP contribution in [0.3, 0.4) is 0 Å². The van der Waals surface area contributed by atoms with E-state index in [1.807, 2.05) is 24.3 Å². The second-order valence-corrected chi connectivity index (χ2v) is 5.35. The topological polar surface area (TPSA) is 68.5 Å².